The number of carbonyl (C=O) groups is 2. The van der Waals surface area contributed by atoms with Crippen molar-refractivity contribution in [2.75, 3.05) is 11.6 Å². The molecule has 0 aliphatic carbocycles. The Hall–Kier alpha value is -2.31. The number of ether oxygens (including phenoxy) is 1. The van der Waals surface area contributed by atoms with Crippen LogP contribution in [-0.2, 0) is 9.59 Å². The number of carbonyl (C=O) groups excluding carboxylic acids is 2. The Balaban J connectivity index is 2.02. The van der Waals surface area contributed by atoms with E-state index >= 15 is 0 Å². The average Bonchev–Trinajstić information content (AvgIpc) is 2.87. The highest BCUT2D eigenvalue weighted by Crippen LogP contribution is 2.35. The van der Waals surface area contributed by atoms with E-state index in [0.717, 1.165) is 0 Å². The largest absolute Gasteiger partial charge is 0.492 e. The Morgan fingerprint density at radius 2 is 1.96 bits per heavy atom. The number of amides is 2. The van der Waals surface area contributed by atoms with Gasteiger partial charge in [0.1, 0.15) is 11.3 Å². The molecule has 1 fully saturated rings. The molecule has 1 heterocycles. The number of rotatable bonds is 4. The maximum Gasteiger partial charge on any atom is 0.282 e. The lowest BCUT2D eigenvalue weighted by Crippen LogP contribution is -2.35. The SMILES string of the molecule is CCOc1c(Br)cc(Cl)cc1/C=C1/C(=O)NN(c2ccccc2)C1=O. The van der Waals surface area contributed by atoms with Crippen molar-refractivity contribution in [1.82, 2.24) is 5.43 Å². The van der Waals surface area contributed by atoms with Crippen LogP contribution in [0, 0.1) is 0 Å². The van der Waals surface area contributed by atoms with Crippen LogP contribution < -0.4 is 15.2 Å². The van der Waals surface area contributed by atoms with Gasteiger partial charge in [0.15, 0.2) is 0 Å². The number of benzene rings is 2. The summed E-state index contributed by atoms with van der Waals surface area (Å²) in [6.07, 6.45) is 1.49. The number of anilines is 1. The third-order valence-corrected chi connectivity index (χ3v) is 4.34. The summed E-state index contributed by atoms with van der Waals surface area (Å²) in [5, 5.41) is 1.68. The molecule has 25 heavy (non-hydrogen) atoms. The van der Waals surface area contributed by atoms with Crippen molar-refractivity contribution in [3.63, 3.8) is 0 Å². The minimum absolute atomic E-state index is 0.0129. The number of halogens is 2. The number of nitrogens with zero attached hydrogens (tertiary/aromatic N) is 1. The molecular weight excluding hydrogens is 408 g/mol. The average molecular weight is 422 g/mol. The van der Waals surface area contributed by atoms with Crippen LogP contribution in [0.2, 0.25) is 5.02 Å². The van der Waals surface area contributed by atoms with Crippen LogP contribution in [0.25, 0.3) is 6.08 Å². The fourth-order valence-corrected chi connectivity index (χ4v) is 3.40. The lowest BCUT2D eigenvalue weighted by Gasteiger charge is -2.14. The highest BCUT2D eigenvalue weighted by molar-refractivity contribution is 9.10. The second-order valence-electron chi connectivity index (χ2n) is 5.21. The third kappa shape index (κ3) is 3.55. The normalized spacial score (nSPS) is 15.6. The molecule has 5 nitrogen and oxygen atoms in total. The fourth-order valence-electron chi connectivity index (χ4n) is 2.46. The molecule has 1 saturated heterocycles. The van der Waals surface area contributed by atoms with E-state index in [1.165, 1.54) is 11.1 Å². The summed E-state index contributed by atoms with van der Waals surface area (Å²) in [7, 11) is 0. The quantitative estimate of drug-likeness (QED) is 0.600. The van der Waals surface area contributed by atoms with Gasteiger partial charge in [-0.15, -0.1) is 0 Å². The third-order valence-electron chi connectivity index (χ3n) is 3.53. The number of hydrogen-bond donors (Lipinski definition) is 1. The molecule has 2 aromatic rings. The van der Waals surface area contributed by atoms with Gasteiger partial charge in [-0.25, -0.2) is 5.01 Å². The molecule has 0 spiro atoms. The van der Waals surface area contributed by atoms with Crippen LogP contribution in [0.3, 0.4) is 0 Å². The van der Waals surface area contributed by atoms with Gasteiger partial charge < -0.3 is 4.74 Å². The van der Waals surface area contributed by atoms with Crippen LogP contribution in [0.5, 0.6) is 5.75 Å². The van der Waals surface area contributed by atoms with E-state index < -0.39 is 11.8 Å². The van der Waals surface area contributed by atoms with E-state index in [0.29, 0.717) is 33.1 Å². The number of nitrogens with one attached hydrogen (secondary N) is 1. The van der Waals surface area contributed by atoms with Gasteiger partial charge in [-0.1, -0.05) is 29.8 Å². The Morgan fingerprint density at radius 3 is 2.64 bits per heavy atom. The van der Waals surface area contributed by atoms with Crippen molar-refractivity contribution in [3.8, 4) is 5.75 Å². The predicted molar refractivity (Wildman–Crippen MR) is 100 cm³/mol. The smallest absolute Gasteiger partial charge is 0.282 e. The van der Waals surface area contributed by atoms with Gasteiger partial charge in [-0.05, 0) is 53.2 Å². The second kappa shape index (κ2) is 7.29. The van der Waals surface area contributed by atoms with Crippen molar-refractivity contribution in [3.05, 3.63) is 63.1 Å². The summed E-state index contributed by atoms with van der Waals surface area (Å²) >= 11 is 9.49. The van der Waals surface area contributed by atoms with Crippen LogP contribution in [0.4, 0.5) is 5.69 Å². The van der Waals surface area contributed by atoms with E-state index in [1.807, 2.05) is 13.0 Å². The number of hydrogen-bond acceptors (Lipinski definition) is 3. The van der Waals surface area contributed by atoms with Crippen molar-refractivity contribution in [2.45, 2.75) is 6.92 Å². The topological polar surface area (TPSA) is 58.6 Å². The van der Waals surface area contributed by atoms with E-state index in [1.54, 1.807) is 36.4 Å². The molecule has 0 atom stereocenters. The van der Waals surface area contributed by atoms with Crippen molar-refractivity contribution in [2.24, 2.45) is 0 Å². The van der Waals surface area contributed by atoms with Gasteiger partial charge >= 0.3 is 0 Å². The fraction of sp³-hybridized carbons (Fsp3) is 0.111. The van der Waals surface area contributed by atoms with Gasteiger partial charge in [0, 0.05) is 10.6 Å². The Labute approximate surface area is 158 Å². The van der Waals surface area contributed by atoms with E-state index in [-0.39, 0.29) is 5.57 Å². The molecular formula is C18H14BrClN2O3. The first-order valence-corrected chi connectivity index (χ1v) is 8.72. The van der Waals surface area contributed by atoms with Crippen molar-refractivity contribution < 1.29 is 14.3 Å². The van der Waals surface area contributed by atoms with E-state index in [4.69, 9.17) is 16.3 Å². The first-order valence-electron chi connectivity index (χ1n) is 7.55. The lowest BCUT2D eigenvalue weighted by atomic mass is 10.1. The molecule has 0 unspecified atom stereocenters. The summed E-state index contributed by atoms with van der Waals surface area (Å²) in [6, 6.07) is 12.2. The van der Waals surface area contributed by atoms with Crippen molar-refractivity contribution in [1.29, 1.82) is 0 Å². The first kappa shape index (κ1) is 17.5. The molecule has 1 aliphatic heterocycles. The maximum absolute atomic E-state index is 12.6. The zero-order chi connectivity index (χ0) is 18.0. The molecule has 2 amide bonds. The zero-order valence-electron chi connectivity index (χ0n) is 13.3. The molecule has 1 aliphatic rings. The lowest BCUT2D eigenvalue weighted by molar-refractivity contribution is -0.117. The van der Waals surface area contributed by atoms with Crippen LogP contribution in [0.15, 0.2) is 52.5 Å². The summed E-state index contributed by atoms with van der Waals surface area (Å²) in [4.78, 5) is 24.9. The Morgan fingerprint density at radius 1 is 1.24 bits per heavy atom. The summed E-state index contributed by atoms with van der Waals surface area (Å²) in [6.45, 7) is 2.29. The highest BCUT2D eigenvalue weighted by Gasteiger charge is 2.34. The monoisotopic (exact) mass is 420 g/mol. The van der Waals surface area contributed by atoms with Crippen LogP contribution in [0.1, 0.15) is 12.5 Å². The second-order valence-corrected chi connectivity index (χ2v) is 6.50. The zero-order valence-corrected chi connectivity index (χ0v) is 15.6. The highest BCUT2D eigenvalue weighted by atomic mass is 79.9. The minimum atomic E-state index is -0.479. The molecule has 0 bridgehead atoms. The number of para-hydroxylation sites is 1. The minimum Gasteiger partial charge on any atom is -0.492 e. The maximum atomic E-state index is 12.6. The van der Waals surface area contributed by atoms with Crippen LogP contribution >= 0.6 is 27.5 Å². The van der Waals surface area contributed by atoms with Gasteiger partial charge in [0.25, 0.3) is 11.8 Å². The molecule has 7 heteroatoms. The standard InChI is InChI=1S/C18H14BrClN2O3/c1-2-25-16-11(8-12(20)10-15(16)19)9-14-17(23)21-22(18(14)24)13-6-4-3-5-7-13/h3-10H,2H2,1H3,(H,21,23)/b14-9-. The first-order chi connectivity index (χ1) is 12.0. The predicted octanol–water partition coefficient (Wildman–Crippen LogP) is 3.96. The summed E-state index contributed by atoms with van der Waals surface area (Å²) in [5.41, 5.74) is 3.71. The molecule has 0 aromatic heterocycles. The van der Waals surface area contributed by atoms with E-state index in [9.17, 15) is 9.59 Å². The summed E-state index contributed by atoms with van der Waals surface area (Å²) in [5.74, 6) is -0.389. The molecule has 2 aromatic carbocycles. The Kier molecular flexibility index (Phi) is 5.11. The molecule has 0 radical (unpaired) electrons. The molecule has 1 N–H and O–H groups in total. The molecule has 3 rings (SSSR count). The Bertz CT molecular complexity index is 868. The van der Waals surface area contributed by atoms with Crippen molar-refractivity contribution >= 4 is 51.1 Å². The van der Waals surface area contributed by atoms with Gasteiger partial charge in [-0.2, -0.15) is 0 Å². The number of hydrazine groups is 1. The van der Waals surface area contributed by atoms with Gasteiger partial charge in [-0.3, -0.25) is 15.0 Å². The van der Waals surface area contributed by atoms with Gasteiger partial charge in [0.05, 0.1) is 16.8 Å². The van der Waals surface area contributed by atoms with Crippen LogP contribution in [-0.4, -0.2) is 18.4 Å². The molecule has 128 valence electrons. The summed E-state index contributed by atoms with van der Waals surface area (Å²) < 4.78 is 6.26. The van der Waals surface area contributed by atoms with E-state index in [2.05, 4.69) is 21.4 Å². The van der Waals surface area contributed by atoms with Gasteiger partial charge in [0.2, 0.25) is 0 Å². The molecule has 0 saturated carbocycles.